The Balaban J connectivity index is 2.10. The second-order valence-electron chi connectivity index (χ2n) is 4.32. The standard InChI is InChI=1S/C15H14N2O3/c1-10(18)16-7-3-2-4-11-5-6-12-9-14(15(19)20)17-13(12)8-11/h5-6,8-9,17H,3,7H2,1H3,(H,16,18)(H,19,20). The van der Waals surface area contributed by atoms with Crippen molar-refractivity contribution in [3.05, 3.63) is 35.5 Å². The molecule has 102 valence electrons. The van der Waals surface area contributed by atoms with Crippen molar-refractivity contribution in [1.82, 2.24) is 10.3 Å². The van der Waals surface area contributed by atoms with Gasteiger partial charge in [-0.25, -0.2) is 4.79 Å². The smallest absolute Gasteiger partial charge is 0.352 e. The van der Waals surface area contributed by atoms with Crippen LogP contribution >= 0.6 is 0 Å². The van der Waals surface area contributed by atoms with Crippen molar-refractivity contribution in [2.24, 2.45) is 0 Å². The Morgan fingerprint density at radius 1 is 1.35 bits per heavy atom. The second-order valence-corrected chi connectivity index (χ2v) is 4.32. The van der Waals surface area contributed by atoms with E-state index in [1.807, 2.05) is 18.2 Å². The van der Waals surface area contributed by atoms with Crippen LogP contribution in [0, 0.1) is 11.8 Å². The molecular formula is C15H14N2O3. The molecular weight excluding hydrogens is 256 g/mol. The first-order valence-corrected chi connectivity index (χ1v) is 6.15. The lowest BCUT2D eigenvalue weighted by Crippen LogP contribution is -2.20. The van der Waals surface area contributed by atoms with Crippen LogP contribution in [0.4, 0.5) is 0 Å². The molecule has 3 N–H and O–H groups in total. The van der Waals surface area contributed by atoms with Gasteiger partial charge in [0.2, 0.25) is 5.91 Å². The van der Waals surface area contributed by atoms with Gasteiger partial charge in [-0.1, -0.05) is 17.9 Å². The van der Waals surface area contributed by atoms with Crippen LogP contribution in [-0.2, 0) is 4.79 Å². The SMILES string of the molecule is CC(=O)NCCC#Cc1ccc2cc(C(=O)O)[nH]c2c1. The Bertz CT molecular complexity index is 720. The molecule has 1 aromatic heterocycles. The molecule has 1 aromatic carbocycles. The van der Waals surface area contributed by atoms with Crippen molar-refractivity contribution in [3.63, 3.8) is 0 Å². The fraction of sp³-hybridized carbons (Fsp3) is 0.200. The van der Waals surface area contributed by atoms with E-state index >= 15 is 0 Å². The predicted octanol–water partition coefficient (Wildman–Crippen LogP) is 1.74. The highest BCUT2D eigenvalue weighted by Crippen LogP contribution is 2.16. The summed E-state index contributed by atoms with van der Waals surface area (Å²) < 4.78 is 0. The third-order valence-electron chi connectivity index (χ3n) is 2.71. The van der Waals surface area contributed by atoms with Gasteiger partial charge in [-0.3, -0.25) is 4.79 Å². The fourth-order valence-electron chi connectivity index (χ4n) is 1.79. The van der Waals surface area contributed by atoms with Crippen LogP contribution in [0.5, 0.6) is 0 Å². The minimum Gasteiger partial charge on any atom is -0.477 e. The van der Waals surface area contributed by atoms with Crippen molar-refractivity contribution in [2.45, 2.75) is 13.3 Å². The molecule has 20 heavy (non-hydrogen) atoms. The van der Waals surface area contributed by atoms with E-state index in [4.69, 9.17) is 5.11 Å². The molecule has 2 rings (SSSR count). The Hall–Kier alpha value is -2.74. The van der Waals surface area contributed by atoms with Gasteiger partial charge in [-0.2, -0.15) is 0 Å². The van der Waals surface area contributed by atoms with Gasteiger partial charge in [0.25, 0.3) is 0 Å². The number of hydrogen-bond donors (Lipinski definition) is 3. The highest BCUT2D eigenvalue weighted by Gasteiger charge is 2.06. The monoisotopic (exact) mass is 270 g/mol. The number of amides is 1. The summed E-state index contributed by atoms with van der Waals surface area (Å²) >= 11 is 0. The number of aromatic amines is 1. The summed E-state index contributed by atoms with van der Waals surface area (Å²) in [5, 5.41) is 12.4. The minimum atomic E-state index is -0.982. The number of aromatic nitrogens is 1. The molecule has 1 heterocycles. The summed E-state index contributed by atoms with van der Waals surface area (Å²) in [6, 6.07) is 7.07. The summed E-state index contributed by atoms with van der Waals surface area (Å²) in [5.41, 5.74) is 1.71. The van der Waals surface area contributed by atoms with E-state index < -0.39 is 5.97 Å². The summed E-state index contributed by atoms with van der Waals surface area (Å²) in [6.07, 6.45) is 0.572. The first kappa shape index (κ1) is 13.7. The van der Waals surface area contributed by atoms with Crippen LogP contribution < -0.4 is 5.32 Å². The second kappa shape index (κ2) is 5.93. The molecule has 0 saturated carbocycles. The zero-order valence-corrected chi connectivity index (χ0v) is 11.0. The van der Waals surface area contributed by atoms with E-state index in [1.54, 1.807) is 6.07 Å². The Morgan fingerprint density at radius 2 is 2.15 bits per heavy atom. The van der Waals surface area contributed by atoms with Gasteiger partial charge in [-0.15, -0.1) is 0 Å². The average Bonchev–Trinajstić information content (AvgIpc) is 2.81. The highest BCUT2D eigenvalue weighted by atomic mass is 16.4. The van der Waals surface area contributed by atoms with Crippen LogP contribution in [0.3, 0.4) is 0 Å². The summed E-state index contributed by atoms with van der Waals surface area (Å²) in [7, 11) is 0. The number of fused-ring (bicyclic) bond motifs is 1. The number of benzene rings is 1. The predicted molar refractivity (Wildman–Crippen MR) is 75.4 cm³/mol. The minimum absolute atomic E-state index is 0.0687. The Labute approximate surface area is 116 Å². The van der Waals surface area contributed by atoms with E-state index in [1.165, 1.54) is 6.92 Å². The third kappa shape index (κ3) is 3.39. The molecule has 0 bridgehead atoms. The molecule has 0 saturated heterocycles. The summed E-state index contributed by atoms with van der Waals surface area (Å²) in [6.45, 7) is 1.99. The Morgan fingerprint density at radius 3 is 2.85 bits per heavy atom. The van der Waals surface area contributed by atoms with Crippen molar-refractivity contribution in [1.29, 1.82) is 0 Å². The number of aromatic carboxylic acids is 1. The zero-order chi connectivity index (χ0) is 14.5. The lowest BCUT2D eigenvalue weighted by atomic mass is 10.1. The van der Waals surface area contributed by atoms with Gasteiger partial charge in [0.1, 0.15) is 5.69 Å². The van der Waals surface area contributed by atoms with Crippen molar-refractivity contribution >= 4 is 22.8 Å². The van der Waals surface area contributed by atoms with Crippen LogP contribution in [0.25, 0.3) is 10.9 Å². The first-order valence-electron chi connectivity index (χ1n) is 6.15. The maximum Gasteiger partial charge on any atom is 0.352 e. The normalized spacial score (nSPS) is 9.85. The van der Waals surface area contributed by atoms with Gasteiger partial charge in [-0.05, 0) is 18.2 Å². The molecule has 2 aromatic rings. The van der Waals surface area contributed by atoms with Crippen molar-refractivity contribution in [2.75, 3.05) is 6.54 Å². The molecule has 5 heteroatoms. The van der Waals surface area contributed by atoms with Crippen molar-refractivity contribution < 1.29 is 14.7 Å². The number of H-pyrrole nitrogens is 1. The largest absolute Gasteiger partial charge is 0.477 e. The molecule has 0 unspecified atom stereocenters. The summed E-state index contributed by atoms with van der Waals surface area (Å²) in [4.78, 5) is 24.4. The van der Waals surface area contributed by atoms with E-state index in [0.29, 0.717) is 13.0 Å². The number of carbonyl (C=O) groups is 2. The molecule has 0 aliphatic carbocycles. The number of carbonyl (C=O) groups excluding carboxylic acids is 1. The number of carboxylic acids is 1. The van der Waals surface area contributed by atoms with Gasteiger partial charge >= 0.3 is 5.97 Å². The van der Waals surface area contributed by atoms with Gasteiger partial charge in [0, 0.05) is 36.4 Å². The van der Waals surface area contributed by atoms with Gasteiger partial charge < -0.3 is 15.4 Å². The topological polar surface area (TPSA) is 82.2 Å². The third-order valence-corrected chi connectivity index (χ3v) is 2.71. The average molecular weight is 270 g/mol. The lowest BCUT2D eigenvalue weighted by Gasteiger charge is -1.95. The maximum absolute atomic E-state index is 10.9. The number of hydrogen-bond acceptors (Lipinski definition) is 2. The molecule has 1 amide bonds. The Kier molecular flexibility index (Phi) is 4.06. The van der Waals surface area contributed by atoms with Gasteiger partial charge in [0.15, 0.2) is 0 Å². The fourth-order valence-corrected chi connectivity index (χ4v) is 1.79. The first-order chi connectivity index (χ1) is 9.56. The molecule has 0 fully saturated rings. The number of nitrogens with one attached hydrogen (secondary N) is 2. The molecule has 0 spiro atoms. The maximum atomic E-state index is 10.9. The van der Waals surface area contributed by atoms with Crippen LogP contribution in [0.1, 0.15) is 29.4 Å². The molecule has 0 radical (unpaired) electrons. The lowest BCUT2D eigenvalue weighted by molar-refractivity contribution is -0.118. The number of rotatable bonds is 3. The quantitative estimate of drug-likeness (QED) is 0.587. The van der Waals surface area contributed by atoms with E-state index in [0.717, 1.165) is 16.5 Å². The molecule has 0 aliphatic heterocycles. The van der Waals surface area contributed by atoms with E-state index in [-0.39, 0.29) is 11.6 Å². The van der Waals surface area contributed by atoms with Crippen LogP contribution in [0.2, 0.25) is 0 Å². The molecule has 5 nitrogen and oxygen atoms in total. The van der Waals surface area contributed by atoms with Crippen LogP contribution in [-0.4, -0.2) is 28.5 Å². The van der Waals surface area contributed by atoms with Crippen LogP contribution in [0.15, 0.2) is 24.3 Å². The summed E-state index contributed by atoms with van der Waals surface area (Å²) in [5.74, 6) is 4.89. The number of carboxylic acid groups (broad SMARTS) is 1. The highest BCUT2D eigenvalue weighted by molar-refractivity contribution is 5.94. The van der Waals surface area contributed by atoms with Crippen molar-refractivity contribution in [3.8, 4) is 11.8 Å². The van der Waals surface area contributed by atoms with E-state index in [9.17, 15) is 9.59 Å². The molecule has 0 atom stereocenters. The van der Waals surface area contributed by atoms with Gasteiger partial charge in [0.05, 0.1) is 0 Å². The van der Waals surface area contributed by atoms with E-state index in [2.05, 4.69) is 22.1 Å². The zero-order valence-electron chi connectivity index (χ0n) is 11.0. The molecule has 0 aliphatic rings.